The summed E-state index contributed by atoms with van der Waals surface area (Å²) < 4.78 is 183. The van der Waals surface area contributed by atoms with E-state index in [-0.39, 0.29) is 36.0 Å². The zero-order valence-corrected chi connectivity index (χ0v) is 31.5. The Morgan fingerprint density at radius 2 is 1.04 bits per heavy atom. The lowest BCUT2D eigenvalue weighted by Gasteiger charge is -2.22. The van der Waals surface area contributed by atoms with E-state index in [1.54, 1.807) is 13.8 Å². The Kier molecular flexibility index (Phi) is 22.5. The molecule has 0 bridgehead atoms. The summed E-state index contributed by atoms with van der Waals surface area (Å²) in [5.74, 6) is -14.0. The molecule has 0 N–H and O–H groups in total. The highest BCUT2D eigenvalue weighted by Crippen LogP contribution is 2.36. The molecular weight excluding hydrogens is 820 g/mol. The second-order valence-corrected chi connectivity index (χ2v) is 14.4. The van der Waals surface area contributed by atoms with Gasteiger partial charge in [-0.1, -0.05) is 33.6 Å². The van der Waals surface area contributed by atoms with Crippen LogP contribution >= 0.6 is 0 Å². The Bertz CT molecular complexity index is 1620. The van der Waals surface area contributed by atoms with Crippen LogP contribution in [-0.2, 0) is 67.9 Å². The molecule has 0 spiro atoms. The topological polar surface area (TPSA) is 246 Å². The van der Waals surface area contributed by atoms with Crippen LogP contribution < -0.4 is 0 Å². The van der Waals surface area contributed by atoms with Gasteiger partial charge in [0.1, 0.15) is 0 Å². The van der Waals surface area contributed by atoms with Gasteiger partial charge in [-0.3, -0.25) is 0 Å². The van der Waals surface area contributed by atoms with E-state index in [9.17, 15) is 85.0 Å². The van der Waals surface area contributed by atoms with Gasteiger partial charge in [-0.25, -0.2) is 49.6 Å². The molecule has 0 aliphatic rings. The van der Waals surface area contributed by atoms with Gasteiger partial charge in [0.05, 0.1) is 13.0 Å². The van der Waals surface area contributed by atoms with Crippen molar-refractivity contribution < 1.29 is 109 Å². The lowest BCUT2D eigenvalue weighted by Crippen LogP contribution is -2.38. The maximum Gasteiger partial charge on any atom is 0.367 e. The minimum atomic E-state index is -5.97. The van der Waals surface area contributed by atoms with Gasteiger partial charge in [0, 0.05) is 23.6 Å². The van der Waals surface area contributed by atoms with Crippen LogP contribution in [0.25, 0.3) is 0 Å². The number of ether oxygens (including phenoxy) is 5. The normalized spacial score (nSPS) is 12.7. The molecule has 16 nitrogen and oxygen atoms in total. The minimum absolute atomic E-state index is 0.0194. The first-order valence-electron chi connectivity index (χ1n) is 14.6. The number of carbonyl (C=O) groups is 5. The third-order valence-corrected chi connectivity index (χ3v) is 7.07. The fraction of sp³-hybridized carbons (Fsp3) is 0.621. The van der Waals surface area contributed by atoms with Crippen molar-refractivity contribution in [1.29, 1.82) is 0 Å². The summed E-state index contributed by atoms with van der Waals surface area (Å²) in [7, 11) is -11.9. The maximum atomic E-state index is 12.9. The highest BCUT2D eigenvalue weighted by atomic mass is 32.2. The first-order chi connectivity index (χ1) is 24.3. The predicted octanol–water partition coefficient (Wildman–Crippen LogP) is 3.77. The average molecular weight is 859 g/mol. The first kappa shape index (κ1) is 55.2. The molecule has 0 aliphatic carbocycles. The van der Waals surface area contributed by atoms with Crippen molar-refractivity contribution in [3.8, 4) is 0 Å². The Morgan fingerprint density at radius 1 is 0.655 bits per heavy atom. The van der Waals surface area contributed by atoms with Gasteiger partial charge in [-0.05, 0) is 33.1 Å². The van der Waals surface area contributed by atoms with Crippen LogP contribution in [0.15, 0.2) is 36.5 Å². The van der Waals surface area contributed by atoms with E-state index in [0.29, 0.717) is 0 Å². The molecule has 0 saturated heterocycles. The van der Waals surface area contributed by atoms with E-state index in [1.807, 2.05) is 0 Å². The van der Waals surface area contributed by atoms with Gasteiger partial charge in [0.15, 0.2) is 46.2 Å². The zero-order valence-electron chi connectivity index (χ0n) is 29.9. The highest BCUT2D eigenvalue weighted by Gasteiger charge is 2.51. The summed E-state index contributed by atoms with van der Waals surface area (Å²) in [5.41, 5.74) is -0.0223. The molecule has 26 heteroatoms. The quantitative estimate of drug-likeness (QED) is 0.0590. The van der Waals surface area contributed by atoms with Crippen molar-refractivity contribution >= 4 is 50.1 Å². The van der Waals surface area contributed by atoms with Gasteiger partial charge >= 0.3 is 52.2 Å². The molecule has 0 saturated carbocycles. The van der Waals surface area contributed by atoms with E-state index in [2.05, 4.69) is 38.7 Å². The second-order valence-electron chi connectivity index (χ2n) is 11.4. The van der Waals surface area contributed by atoms with Crippen LogP contribution in [0.5, 0.6) is 0 Å². The number of rotatable bonds is 19. The summed E-state index contributed by atoms with van der Waals surface area (Å²) >= 11 is 0. The summed E-state index contributed by atoms with van der Waals surface area (Å²) in [6.07, 6.45) is -2.75. The van der Waals surface area contributed by atoms with Crippen molar-refractivity contribution in [2.24, 2.45) is 5.92 Å². The lowest BCUT2D eigenvalue weighted by molar-refractivity contribution is -0.206. The molecule has 0 fully saturated rings. The molecule has 320 valence electrons. The molecule has 55 heavy (non-hydrogen) atoms. The Morgan fingerprint density at radius 3 is 1.38 bits per heavy atom. The van der Waals surface area contributed by atoms with Gasteiger partial charge in [-0.2, -0.15) is 26.3 Å². The number of halogens is 8. The van der Waals surface area contributed by atoms with Crippen molar-refractivity contribution in [2.45, 2.75) is 82.8 Å². The van der Waals surface area contributed by atoms with Crippen molar-refractivity contribution in [2.75, 3.05) is 26.4 Å². The van der Waals surface area contributed by atoms with Gasteiger partial charge in [0.25, 0.3) is 0 Å². The maximum absolute atomic E-state index is 12.9. The average Bonchev–Trinajstić information content (AvgIpc) is 2.99. The summed E-state index contributed by atoms with van der Waals surface area (Å²) in [6.45, 7) is 11.4. The number of alkyl halides is 8. The lowest BCUT2D eigenvalue weighted by atomic mass is 10.1. The molecule has 0 aliphatic heterocycles. The minimum Gasteiger partial charge on any atom is -0.743 e. The molecule has 0 aromatic rings. The largest absolute Gasteiger partial charge is 0.743 e. The SMILES string of the molecule is C=C(C)C(=O)OC(CC(C)C)C(=O)OCC(F)(F)S(=O)(=O)[O-].C=C(C)C(=O)OCC(=O)OCC(F)(F)S(=O)(=O)[O-].C=C(C)C(=O)OCCC(F)(F)C(C)(F)F. The van der Waals surface area contributed by atoms with Gasteiger partial charge < -0.3 is 32.8 Å². The van der Waals surface area contributed by atoms with Crippen LogP contribution in [0.1, 0.15) is 54.4 Å². The Hall–Kier alpha value is -4.17. The van der Waals surface area contributed by atoms with Crippen LogP contribution in [0.4, 0.5) is 35.1 Å². The van der Waals surface area contributed by atoms with Crippen LogP contribution in [-0.4, -0.2) is 111 Å². The van der Waals surface area contributed by atoms with Crippen LogP contribution in [0.2, 0.25) is 0 Å². The molecule has 1 atom stereocenters. The fourth-order valence-electron chi connectivity index (χ4n) is 2.31. The fourth-order valence-corrected chi connectivity index (χ4v) is 2.72. The molecule has 0 heterocycles. The number of esters is 5. The zero-order chi connectivity index (χ0) is 44.6. The summed E-state index contributed by atoms with van der Waals surface area (Å²) in [6, 6.07) is 0. The summed E-state index contributed by atoms with van der Waals surface area (Å²) in [5, 5.41) is -9.50. The number of hydrogen-bond donors (Lipinski definition) is 0. The van der Waals surface area contributed by atoms with Crippen molar-refractivity contribution in [1.82, 2.24) is 0 Å². The molecule has 0 amide bonds. The van der Waals surface area contributed by atoms with E-state index in [1.165, 1.54) is 20.8 Å². The monoisotopic (exact) mass is 858 g/mol. The molecule has 0 rings (SSSR count). The number of carbonyl (C=O) groups excluding carboxylic acids is 5. The smallest absolute Gasteiger partial charge is 0.367 e. The van der Waals surface area contributed by atoms with Gasteiger partial charge in [0.2, 0.25) is 0 Å². The van der Waals surface area contributed by atoms with Crippen molar-refractivity contribution in [3.63, 3.8) is 0 Å². The van der Waals surface area contributed by atoms with Crippen molar-refractivity contribution in [3.05, 3.63) is 36.5 Å². The third kappa shape index (κ3) is 22.7. The predicted molar refractivity (Wildman–Crippen MR) is 167 cm³/mol. The van der Waals surface area contributed by atoms with E-state index < -0.39 is 111 Å². The third-order valence-electron chi connectivity index (χ3n) is 5.37. The molecule has 1 unspecified atom stereocenters. The number of hydrogen-bond acceptors (Lipinski definition) is 16. The summed E-state index contributed by atoms with van der Waals surface area (Å²) in [4.78, 5) is 55.3. The highest BCUT2D eigenvalue weighted by molar-refractivity contribution is 7.87. The van der Waals surface area contributed by atoms with Gasteiger partial charge in [-0.15, -0.1) is 0 Å². The van der Waals surface area contributed by atoms with E-state index >= 15 is 0 Å². The molecule has 0 aromatic carbocycles. The Balaban J connectivity index is -0.000000752. The molecular formula is C29H38F8O16S2-2. The standard InChI is InChI=1S/C12H18F2O7S.C9H12F4O2.C8H10F2O7S/c1-7(2)5-9(21-10(15)8(3)4)11(16)20-6-12(13,14)22(17,18)19;1-6(2)7(14)15-5-4-9(12,13)8(3,10)11;1-5(2)7(12)16-3-6(11)17-4-8(9,10)18(13,14)15/h7,9H,3,5-6H2,1-2,4H3,(H,17,18,19);1,4-5H2,2-3H3;1,3-4H2,2H3,(H,13,14,15)/p-2. The Labute approximate surface area is 310 Å². The van der Waals surface area contributed by atoms with E-state index in [0.717, 1.165) is 0 Å². The van der Waals surface area contributed by atoms with Crippen LogP contribution in [0, 0.1) is 5.92 Å². The van der Waals surface area contributed by atoms with E-state index in [4.69, 9.17) is 4.74 Å². The molecule has 0 radical (unpaired) electrons. The van der Waals surface area contributed by atoms with Crippen LogP contribution in [0.3, 0.4) is 0 Å². The first-order valence-corrected chi connectivity index (χ1v) is 17.4. The second kappa shape index (κ2) is 22.4. The molecule has 0 aromatic heterocycles.